The number of cyclic esters (lactones) is 2. The predicted molar refractivity (Wildman–Crippen MR) is 111 cm³/mol. The predicted octanol–water partition coefficient (Wildman–Crippen LogP) is 1.79. The fourth-order valence-corrected chi connectivity index (χ4v) is 8.96. The number of rotatable bonds is 1. The van der Waals surface area contributed by atoms with Gasteiger partial charge in [-0.3, -0.25) is 19.2 Å². The van der Waals surface area contributed by atoms with Gasteiger partial charge in [-0.1, -0.05) is 13.5 Å². The number of esters is 2. The van der Waals surface area contributed by atoms with Crippen molar-refractivity contribution in [3.8, 4) is 0 Å². The molecule has 3 saturated carbocycles. The molecule has 8 nitrogen and oxygen atoms in total. The van der Waals surface area contributed by atoms with E-state index >= 15 is 0 Å². The van der Waals surface area contributed by atoms with Crippen LogP contribution >= 0.6 is 0 Å². The van der Waals surface area contributed by atoms with Crippen LogP contribution in [0.4, 0.5) is 0 Å². The summed E-state index contributed by atoms with van der Waals surface area (Å²) < 4.78 is 18.1. The molecule has 0 aromatic heterocycles. The number of carbonyl (C=O) groups excluding carboxylic acids is 5. The van der Waals surface area contributed by atoms with Gasteiger partial charge in [-0.2, -0.15) is 0 Å². The van der Waals surface area contributed by atoms with Gasteiger partial charge in [0.1, 0.15) is 22.9 Å². The van der Waals surface area contributed by atoms with Gasteiger partial charge in [0, 0.05) is 17.9 Å². The minimum absolute atomic E-state index is 0.000579. The van der Waals surface area contributed by atoms with Crippen molar-refractivity contribution < 1.29 is 38.2 Å². The van der Waals surface area contributed by atoms with Crippen LogP contribution in [-0.2, 0) is 38.2 Å². The van der Waals surface area contributed by atoms with Gasteiger partial charge in [0.05, 0.1) is 10.8 Å². The summed E-state index contributed by atoms with van der Waals surface area (Å²) in [5.74, 6) is -2.58. The summed E-state index contributed by atoms with van der Waals surface area (Å²) in [6, 6.07) is 0. The second-order valence-electron chi connectivity index (χ2n) is 11.5. The van der Waals surface area contributed by atoms with Crippen molar-refractivity contribution in [2.24, 2.45) is 21.7 Å². The van der Waals surface area contributed by atoms with E-state index < -0.39 is 68.1 Å². The second-order valence-corrected chi connectivity index (χ2v) is 11.5. The van der Waals surface area contributed by atoms with Gasteiger partial charge in [-0.05, 0) is 52.2 Å². The first-order valence-corrected chi connectivity index (χ1v) is 11.2. The Bertz CT molecular complexity index is 1220. The number of ether oxygens (including phenoxy) is 3. The lowest BCUT2D eigenvalue weighted by Gasteiger charge is -2.65. The third kappa shape index (κ3) is 1.45. The normalized spacial score (nSPS) is 52.7. The van der Waals surface area contributed by atoms with E-state index in [0.29, 0.717) is 5.57 Å². The van der Waals surface area contributed by atoms with Crippen LogP contribution < -0.4 is 0 Å². The van der Waals surface area contributed by atoms with Gasteiger partial charge < -0.3 is 14.2 Å². The molecule has 4 heterocycles. The molecular formula is C25H26O8. The Balaban J connectivity index is 1.92. The minimum atomic E-state index is -1.92. The highest BCUT2D eigenvalue weighted by molar-refractivity contribution is 6.16. The second kappa shape index (κ2) is 4.92. The highest BCUT2D eigenvalue weighted by Crippen LogP contribution is 2.86. The Morgan fingerprint density at radius 2 is 1.76 bits per heavy atom. The molecule has 33 heavy (non-hydrogen) atoms. The topological polar surface area (TPSA) is 113 Å². The third-order valence-electron chi connectivity index (χ3n) is 10.2. The third-order valence-corrected chi connectivity index (χ3v) is 10.2. The van der Waals surface area contributed by atoms with E-state index in [0.717, 1.165) is 0 Å². The molecular weight excluding hydrogens is 428 g/mol. The van der Waals surface area contributed by atoms with Gasteiger partial charge in [0.2, 0.25) is 0 Å². The molecule has 2 spiro atoms. The zero-order valence-corrected chi connectivity index (χ0v) is 19.5. The number of hydrogen-bond acceptors (Lipinski definition) is 8. The summed E-state index contributed by atoms with van der Waals surface area (Å²) in [4.78, 5) is 68.9. The summed E-state index contributed by atoms with van der Waals surface area (Å²) >= 11 is 0. The van der Waals surface area contributed by atoms with Gasteiger partial charge in [0.25, 0.3) is 0 Å². The lowest BCUT2D eigenvalue weighted by atomic mass is 9.34. The number of fused-ring (bicyclic) bond motifs is 2. The summed E-state index contributed by atoms with van der Waals surface area (Å²) in [6.07, 6.45) is -0.0731. The van der Waals surface area contributed by atoms with Crippen molar-refractivity contribution in [2.75, 3.05) is 0 Å². The zero-order chi connectivity index (χ0) is 24.4. The van der Waals surface area contributed by atoms with E-state index in [1.807, 2.05) is 0 Å². The van der Waals surface area contributed by atoms with Crippen LogP contribution in [0.3, 0.4) is 0 Å². The van der Waals surface area contributed by atoms with E-state index in [1.165, 1.54) is 13.0 Å². The summed E-state index contributed by atoms with van der Waals surface area (Å²) in [7, 11) is 0. The Morgan fingerprint density at radius 1 is 1.12 bits per heavy atom. The summed E-state index contributed by atoms with van der Waals surface area (Å²) in [5.41, 5.74) is -10.8. The van der Waals surface area contributed by atoms with Gasteiger partial charge in [-0.25, -0.2) is 4.79 Å². The molecule has 0 radical (unpaired) electrons. The van der Waals surface area contributed by atoms with Crippen molar-refractivity contribution in [3.05, 3.63) is 23.8 Å². The van der Waals surface area contributed by atoms with E-state index in [9.17, 15) is 24.0 Å². The van der Waals surface area contributed by atoms with Crippen molar-refractivity contribution >= 4 is 29.3 Å². The molecule has 0 amide bonds. The number of carbonyl (C=O) groups is 5. The largest absolute Gasteiger partial charge is 0.458 e. The molecule has 8 heteroatoms. The van der Waals surface area contributed by atoms with Crippen LogP contribution in [0.15, 0.2) is 23.8 Å². The van der Waals surface area contributed by atoms with Crippen molar-refractivity contribution in [1.82, 2.24) is 0 Å². The van der Waals surface area contributed by atoms with Crippen molar-refractivity contribution in [3.63, 3.8) is 0 Å². The average Bonchev–Trinajstić information content (AvgIpc) is 2.89. The van der Waals surface area contributed by atoms with Gasteiger partial charge >= 0.3 is 11.9 Å². The molecule has 7 rings (SSSR count). The minimum Gasteiger partial charge on any atom is -0.458 e. The first kappa shape index (κ1) is 21.0. The molecule has 0 N–H and O–H groups in total. The Hall–Kier alpha value is -2.61. The lowest BCUT2D eigenvalue weighted by Crippen LogP contribution is -2.74. The Kier molecular flexibility index (Phi) is 3.12. The maximum Gasteiger partial charge on any atom is 0.331 e. The maximum absolute atomic E-state index is 14.4. The van der Waals surface area contributed by atoms with Crippen molar-refractivity contribution in [2.45, 2.75) is 77.3 Å². The van der Waals surface area contributed by atoms with E-state index in [-0.39, 0.29) is 24.2 Å². The molecule has 3 saturated heterocycles. The lowest BCUT2D eigenvalue weighted by molar-refractivity contribution is -0.235. The van der Waals surface area contributed by atoms with Gasteiger partial charge in [0.15, 0.2) is 22.8 Å². The quantitative estimate of drug-likeness (QED) is 0.435. The molecule has 7 atom stereocenters. The fraction of sp³-hybridized carbons (Fsp3) is 0.640. The molecule has 174 valence electrons. The Labute approximate surface area is 190 Å². The highest BCUT2D eigenvalue weighted by Gasteiger charge is 2.97. The van der Waals surface area contributed by atoms with Crippen LogP contribution in [0, 0.1) is 21.7 Å². The van der Waals surface area contributed by atoms with E-state index in [2.05, 4.69) is 6.58 Å². The van der Waals surface area contributed by atoms with Crippen LogP contribution in [0.2, 0.25) is 0 Å². The smallest absolute Gasteiger partial charge is 0.331 e. The highest BCUT2D eigenvalue weighted by atomic mass is 16.6. The molecule has 3 aliphatic carbocycles. The molecule has 5 bridgehead atoms. The van der Waals surface area contributed by atoms with E-state index in [1.54, 1.807) is 34.6 Å². The van der Waals surface area contributed by atoms with Crippen LogP contribution in [-0.4, -0.2) is 52.2 Å². The Morgan fingerprint density at radius 3 is 2.36 bits per heavy atom. The first-order chi connectivity index (χ1) is 15.1. The summed E-state index contributed by atoms with van der Waals surface area (Å²) in [5, 5.41) is 0. The first-order valence-electron chi connectivity index (χ1n) is 11.2. The standard InChI is InChI=1S/C25H26O8/c1-11-20(6)10-22(12(2)26)14-8-16(28)32-19(4,5)25(14)15(27)9-21(22,7)23(11)18(30)31-13(3)24(23,33-25)17(20)29/h8,13H,1,9-10H2,2-7H3. The number of ketones is 3. The molecule has 4 aliphatic heterocycles. The van der Waals surface area contributed by atoms with Gasteiger partial charge in [-0.15, -0.1) is 0 Å². The SMILES string of the molecule is C=C1C2(C)CC3(C(C)=O)C4=CC(=O)OC(C)(C)C45OC4(C2=O)C(C)OC(=O)C14C3(C)CC5=O. The van der Waals surface area contributed by atoms with Crippen LogP contribution in [0.1, 0.15) is 54.4 Å². The van der Waals surface area contributed by atoms with Crippen molar-refractivity contribution in [1.29, 1.82) is 0 Å². The molecule has 7 unspecified atom stereocenters. The zero-order valence-electron chi connectivity index (χ0n) is 19.5. The molecule has 7 aliphatic rings. The van der Waals surface area contributed by atoms with E-state index in [4.69, 9.17) is 14.2 Å². The maximum atomic E-state index is 14.4. The molecule has 0 aromatic rings. The monoisotopic (exact) mass is 454 g/mol. The fourth-order valence-electron chi connectivity index (χ4n) is 8.96. The average molecular weight is 454 g/mol. The molecule has 0 aromatic carbocycles. The number of Topliss-reactive ketones (excluding diaryl/α,β-unsaturated/α-hetero) is 3. The van der Waals surface area contributed by atoms with Crippen LogP contribution in [0.5, 0.6) is 0 Å². The number of hydrogen-bond donors (Lipinski definition) is 0. The van der Waals surface area contributed by atoms with Crippen LogP contribution in [0.25, 0.3) is 0 Å². The summed E-state index contributed by atoms with van der Waals surface area (Å²) in [6.45, 7) is 13.7. The molecule has 6 fully saturated rings.